The Bertz CT molecular complexity index is 680. The smallest absolute Gasteiger partial charge is 0.251 e. The van der Waals surface area contributed by atoms with E-state index >= 15 is 0 Å². The third-order valence-electron chi connectivity index (χ3n) is 5.69. The maximum Gasteiger partial charge on any atom is 0.251 e. The van der Waals surface area contributed by atoms with Crippen LogP contribution in [0.4, 0.5) is 0 Å². The Labute approximate surface area is 142 Å². The van der Waals surface area contributed by atoms with E-state index in [-0.39, 0.29) is 5.91 Å². The fourth-order valence-corrected chi connectivity index (χ4v) is 4.38. The van der Waals surface area contributed by atoms with Gasteiger partial charge in [0.2, 0.25) is 0 Å². The van der Waals surface area contributed by atoms with Crippen LogP contribution in [0.25, 0.3) is 5.69 Å². The number of nitrogens with zero attached hydrogens (tertiary/aromatic N) is 3. The predicted molar refractivity (Wildman–Crippen MR) is 91.9 cm³/mol. The summed E-state index contributed by atoms with van der Waals surface area (Å²) in [4.78, 5) is 16.5. The number of hydrogen-bond acceptors (Lipinski definition) is 3. The van der Waals surface area contributed by atoms with Crippen LogP contribution in [-0.2, 0) is 0 Å². The molecule has 2 aliphatic rings. The van der Waals surface area contributed by atoms with Crippen molar-refractivity contribution in [3.63, 3.8) is 0 Å². The normalized spacial score (nSPS) is 26.6. The van der Waals surface area contributed by atoms with Gasteiger partial charge in [0.25, 0.3) is 5.91 Å². The lowest BCUT2D eigenvalue weighted by Gasteiger charge is -2.39. The Morgan fingerprint density at radius 1 is 1.04 bits per heavy atom. The average Bonchev–Trinajstić information content (AvgIpc) is 3.16. The van der Waals surface area contributed by atoms with Gasteiger partial charge in [-0.25, -0.2) is 9.67 Å². The third-order valence-corrected chi connectivity index (χ3v) is 5.69. The van der Waals surface area contributed by atoms with Crippen LogP contribution < -0.4 is 5.32 Å². The highest BCUT2D eigenvalue weighted by molar-refractivity contribution is 5.94. The lowest BCUT2D eigenvalue weighted by Crippen LogP contribution is -2.41. The molecule has 0 unspecified atom stereocenters. The molecule has 5 heteroatoms. The van der Waals surface area contributed by atoms with Crippen LogP contribution in [0.15, 0.2) is 36.9 Å². The summed E-state index contributed by atoms with van der Waals surface area (Å²) < 4.78 is 1.69. The number of fused-ring (bicyclic) bond motifs is 1. The van der Waals surface area contributed by atoms with Crippen molar-refractivity contribution in [3.05, 3.63) is 42.5 Å². The molecule has 1 heterocycles. The molecule has 1 amide bonds. The van der Waals surface area contributed by atoms with Crippen LogP contribution in [0.2, 0.25) is 0 Å². The summed E-state index contributed by atoms with van der Waals surface area (Å²) in [5.74, 6) is 1.78. The van der Waals surface area contributed by atoms with Crippen molar-refractivity contribution in [3.8, 4) is 5.69 Å². The number of carbonyl (C=O) groups is 1. The maximum absolute atomic E-state index is 12.5. The van der Waals surface area contributed by atoms with Crippen LogP contribution in [0, 0.1) is 11.8 Å². The molecule has 0 spiro atoms. The number of aromatic nitrogens is 3. The Morgan fingerprint density at radius 2 is 1.83 bits per heavy atom. The molecule has 126 valence electrons. The van der Waals surface area contributed by atoms with E-state index in [0.29, 0.717) is 11.6 Å². The molecular weight excluding hydrogens is 300 g/mol. The van der Waals surface area contributed by atoms with Gasteiger partial charge in [-0.3, -0.25) is 4.79 Å². The minimum Gasteiger partial charge on any atom is -0.349 e. The largest absolute Gasteiger partial charge is 0.349 e. The standard InChI is InChI=1S/C19H24N4O/c24-19(15-6-9-18(10-7-15)23-13-20-12-21-23)22-17-8-5-14-3-1-2-4-16(14)11-17/h6-7,9-10,12-14,16-17H,1-5,8,11H2,(H,22,24)/t14-,16+,17+/m0/s1. The van der Waals surface area contributed by atoms with E-state index < -0.39 is 0 Å². The number of rotatable bonds is 3. The molecule has 2 fully saturated rings. The van der Waals surface area contributed by atoms with E-state index in [1.807, 2.05) is 24.3 Å². The van der Waals surface area contributed by atoms with Crippen molar-refractivity contribution >= 4 is 5.91 Å². The van der Waals surface area contributed by atoms with Crippen molar-refractivity contribution < 1.29 is 4.79 Å². The van der Waals surface area contributed by atoms with Crippen molar-refractivity contribution in [2.24, 2.45) is 11.8 Å². The first-order valence-electron chi connectivity index (χ1n) is 9.05. The number of nitrogens with one attached hydrogen (secondary N) is 1. The highest BCUT2D eigenvalue weighted by Gasteiger charge is 2.32. The first-order valence-corrected chi connectivity index (χ1v) is 9.05. The van der Waals surface area contributed by atoms with Crippen molar-refractivity contribution in [2.45, 2.75) is 51.0 Å². The topological polar surface area (TPSA) is 59.8 Å². The maximum atomic E-state index is 12.5. The summed E-state index contributed by atoms with van der Waals surface area (Å²) in [7, 11) is 0. The van der Waals surface area contributed by atoms with Gasteiger partial charge in [0, 0.05) is 11.6 Å². The van der Waals surface area contributed by atoms with E-state index in [4.69, 9.17) is 0 Å². The Balaban J connectivity index is 1.37. The monoisotopic (exact) mass is 324 g/mol. The van der Waals surface area contributed by atoms with Gasteiger partial charge in [0.15, 0.2) is 0 Å². The van der Waals surface area contributed by atoms with Crippen LogP contribution in [0.5, 0.6) is 0 Å². The molecule has 0 bridgehead atoms. The van der Waals surface area contributed by atoms with E-state index in [1.165, 1.54) is 38.4 Å². The SMILES string of the molecule is O=C(N[C@@H]1CC[C@@H]2CCCC[C@@H]2C1)c1ccc(-n2cncn2)cc1. The first-order chi connectivity index (χ1) is 11.8. The number of amides is 1. The summed E-state index contributed by atoms with van der Waals surface area (Å²) in [6.07, 6.45) is 12.2. The molecule has 2 aromatic rings. The van der Waals surface area contributed by atoms with Crippen LogP contribution in [-0.4, -0.2) is 26.7 Å². The molecule has 5 nitrogen and oxygen atoms in total. The minimum atomic E-state index is 0.0411. The summed E-state index contributed by atoms with van der Waals surface area (Å²) in [6, 6.07) is 7.87. The molecule has 0 aliphatic heterocycles. The van der Waals surface area contributed by atoms with Crippen LogP contribution >= 0.6 is 0 Å². The molecule has 4 rings (SSSR count). The average molecular weight is 324 g/mol. The molecule has 2 saturated carbocycles. The zero-order valence-electron chi connectivity index (χ0n) is 13.9. The molecule has 24 heavy (non-hydrogen) atoms. The van der Waals surface area contributed by atoms with Crippen molar-refractivity contribution in [1.29, 1.82) is 0 Å². The van der Waals surface area contributed by atoms with Gasteiger partial charge in [0.05, 0.1) is 5.69 Å². The molecule has 0 radical (unpaired) electrons. The fraction of sp³-hybridized carbons (Fsp3) is 0.526. The van der Waals surface area contributed by atoms with E-state index in [9.17, 15) is 4.79 Å². The number of carbonyl (C=O) groups excluding carboxylic acids is 1. The van der Waals surface area contributed by atoms with Crippen LogP contribution in [0.3, 0.4) is 0 Å². The highest BCUT2D eigenvalue weighted by Crippen LogP contribution is 2.40. The second-order valence-electron chi connectivity index (χ2n) is 7.17. The molecule has 3 atom stereocenters. The Hall–Kier alpha value is -2.17. The van der Waals surface area contributed by atoms with Crippen molar-refractivity contribution in [2.75, 3.05) is 0 Å². The van der Waals surface area contributed by atoms with Gasteiger partial charge >= 0.3 is 0 Å². The fourth-order valence-electron chi connectivity index (χ4n) is 4.38. The summed E-state index contributed by atoms with van der Waals surface area (Å²) in [5.41, 5.74) is 1.62. The summed E-state index contributed by atoms with van der Waals surface area (Å²) >= 11 is 0. The summed E-state index contributed by atoms with van der Waals surface area (Å²) in [6.45, 7) is 0. The third kappa shape index (κ3) is 3.21. The zero-order valence-corrected chi connectivity index (χ0v) is 13.9. The van der Waals surface area contributed by atoms with Crippen LogP contribution in [0.1, 0.15) is 55.3 Å². The second kappa shape index (κ2) is 6.75. The second-order valence-corrected chi connectivity index (χ2v) is 7.17. The summed E-state index contributed by atoms with van der Waals surface area (Å²) in [5, 5.41) is 7.35. The quantitative estimate of drug-likeness (QED) is 0.942. The molecule has 1 aromatic carbocycles. The lowest BCUT2D eigenvalue weighted by molar-refractivity contribution is 0.0879. The van der Waals surface area contributed by atoms with E-state index in [0.717, 1.165) is 30.4 Å². The molecular formula is C19H24N4O. The molecule has 2 aliphatic carbocycles. The number of hydrogen-bond donors (Lipinski definition) is 1. The molecule has 1 N–H and O–H groups in total. The predicted octanol–water partition coefficient (Wildman–Crippen LogP) is 3.36. The number of benzene rings is 1. The van der Waals surface area contributed by atoms with Gasteiger partial charge < -0.3 is 5.32 Å². The lowest BCUT2D eigenvalue weighted by atomic mass is 9.69. The Kier molecular flexibility index (Phi) is 4.32. The van der Waals surface area contributed by atoms with Crippen molar-refractivity contribution in [1.82, 2.24) is 20.1 Å². The zero-order chi connectivity index (χ0) is 16.4. The van der Waals surface area contributed by atoms with Gasteiger partial charge in [-0.05, 0) is 55.4 Å². The van der Waals surface area contributed by atoms with E-state index in [1.54, 1.807) is 11.0 Å². The van der Waals surface area contributed by atoms with E-state index in [2.05, 4.69) is 15.4 Å². The van der Waals surface area contributed by atoms with Gasteiger partial charge in [-0.2, -0.15) is 5.10 Å². The molecule has 0 saturated heterocycles. The first kappa shape index (κ1) is 15.4. The minimum absolute atomic E-state index is 0.0411. The van der Waals surface area contributed by atoms with Gasteiger partial charge in [0.1, 0.15) is 12.7 Å². The Morgan fingerprint density at radius 3 is 2.58 bits per heavy atom. The molecule has 1 aromatic heterocycles. The highest BCUT2D eigenvalue weighted by atomic mass is 16.1. The van der Waals surface area contributed by atoms with Gasteiger partial charge in [-0.1, -0.05) is 25.7 Å². The van der Waals surface area contributed by atoms with Gasteiger partial charge in [-0.15, -0.1) is 0 Å².